The summed E-state index contributed by atoms with van der Waals surface area (Å²) in [7, 11) is 1.42. The van der Waals surface area contributed by atoms with Crippen molar-refractivity contribution in [3.8, 4) is 0 Å². The highest BCUT2D eigenvalue weighted by Gasteiger charge is 2.74. The molecule has 2 rings (SSSR count). The van der Waals surface area contributed by atoms with Crippen molar-refractivity contribution in [2.75, 3.05) is 13.6 Å². The first-order valence-corrected chi connectivity index (χ1v) is 7.63. The van der Waals surface area contributed by atoms with Crippen molar-refractivity contribution < 1.29 is 29.1 Å². The molecule has 3 amide bonds. The summed E-state index contributed by atoms with van der Waals surface area (Å²) in [5.74, 6) is -1.33. The summed E-state index contributed by atoms with van der Waals surface area (Å²) in [6, 6.07) is 7.75. The molecule has 0 bridgehead atoms. The minimum Gasteiger partial charge on any atom is -0.498 e. The lowest BCUT2D eigenvalue weighted by Crippen LogP contribution is -2.76. The van der Waals surface area contributed by atoms with Gasteiger partial charge in [-0.1, -0.05) is 51.1 Å². The zero-order chi connectivity index (χ0) is 18.3. The fourth-order valence-electron chi connectivity index (χ4n) is 3.71. The molecule has 2 atom stereocenters. The summed E-state index contributed by atoms with van der Waals surface area (Å²) in [5.41, 5.74) is -2.32. The van der Waals surface area contributed by atoms with Gasteiger partial charge in [0.05, 0.1) is 6.54 Å². The van der Waals surface area contributed by atoms with Gasteiger partial charge in [-0.05, 0) is 0 Å². The first kappa shape index (κ1) is 17.9. The largest absolute Gasteiger partial charge is 0.498 e. The van der Waals surface area contributed by atoms with E-state index in [1.165, 1.54) is 7.05 Å². The minimum absolute atomic E-state index is 0.203. The molecule has 1 aromatic rings. The van der Waals surface area contributed by atoms with Crippen LogP contribution < -0.4 is 5.11 Å². The summed E-state index contributed by atoms with van der Waals surface area (Å²) in [5, 5.41) is 22.2. The zero-order valence-electron chi connectivity index (χ0n) is 14.3. The average Bonchev–Trinajstić information content (AvgIpc) is 2.71. The second kappa shape index (κ2) is 5.59. The monoisotopic (exact) mass is 334 g/mol. The van der Waals surface area contributed by atoms with E-state index in [4.69, 9.17) is 0 Å². The molecule has 130 valence electrons. The fourth-order valence-corrected chi connectivity index (χ4v) is 3.71. The van der Waals surface area contributed by atoms with Crippen molar-refractivity contribution in [2.24, 2.45) is 5.41 Å². The standard InChI is InChI=1S/C17H22N2O5/c1-16(2,3)17(13(20)21)11-18(4)14(22)19(17,15(23)24)10-12-8-6-5-7-9-12/h5-9H,10-11H2,1-4H3,(H-,20,21,23,24). The van der Waals surface area contributed by atoms with Gasteiger partial charge in [0.1, 0.15) is 6.54 Å². The number of urea groups is 1. The van der Waals surface area contributed by atoms with Crippen molar-refractivity contribution >= 4 is 18.1 Å². The van der Waals surface area contributed by atoms with Gasteiger partial charge in [-0.15, -0.1) is 0 Å². The van der Waals surface area contributed by atoms with Gasteiger partial charge in [-0.25, -0.2) is 9.59 Å². The number of carboxylic acid groups (broad SMARTS) is 2. The maximum atomic E-state index is 12.9. The number of quaternary nitrogens is 1. The number of carboxylic acids is 1. The number of aliphatic carboxylic acids is 1. The highest BCUT2D eigenvalue weighted by molar-refractivity contribution is 5.91. The second-order valence-corrected chi connectivity index (χ2v) is 7.27. The van der Waals surface area contributed by atoms with Crippen molar-refractivity contribution in [3.05, 3.63) is 35.9 Å². The van der Waals surface area contributed by atoms with Gasteiger partial charge in [-0.3, -0.25) is 4.90 Å². The predicted octanol–water partition coefficient (Wildman–Crippen LogP) is 1.28. The molecule has 0 radical (unpaired) electrons. The van der Waals surface area contributed by atoms with E-state index in [9.17, 15) is 24.6 Å². The lowest BCUT2D eigenvalue weighted by atomic mass is 9.71. The predicted molar refractivity (Wildman–Crippen MR) is 83.7 cm³/mol. The summed E-state index contributed by atoms with van der Waals surface area (Å²) in [6.07, 6.45) is -1.70. The van der Waals surface area contributed by atoms with Crippen LogP contribution in [0.4, 0.5) is 9.59 Å². The van der Waals surface area contributed by atoms with Crippen LogP contribution in [0, 0.1) is 5.41 Å². The number of benzene rings is 1. The van der Waals surface area contributed by atoms with Gasteiger partial charge < -0.3 is 15.0 Å². The Kier molecular flexibility index (Phi) is 4.18. The smallest absolute Gasteiger partial charge is 0.426 e. The van der Waals surface area contributed by atoms with Crippen molar-refractivity contribution in [2.45, 2.75) is 32.9 Å². The average molecular weight is 334 g/mol. The van der Waals surface area contributed by atoms with E-state index in [1.54, 1.807) is 51.1 Å². The number of amides is 3. The third kappa shape index (κ3) is 2.19. The molecule has 1 saturated heterocycles. The Morgan fingerprint density at radius 1 is 1.29 bits per heavy atom. The highest BCUT2D eigenvalue weighted by atomic mass is 16.4. The van der Waals surface area contributed by atoms with Gasteiger partial charge in [0.15, 0.2) is 0 Å². The SMILES string of the molecule is CN1CC(C(=O)O)(C(C)(C)C)[N+](Cc2ccccc2)(C(=O)[O-])C1=O. The Balaban J connectivity index is 2.79. The summed E-state index contributed by atoms with van der Waals surface area (Å²) >= 11 is 0. The van der Waals surface area contributed by atoms with E-state index in [0.29, 0.717) is 5.56 Å². The Bertz CT molecular complexity index is 682. The molecular weight excluding hydrogens is 312 g/mol. The number of hydrogen-bond donors (Lipinski definition) is 1. The summed E-state index contributed by atoms with van der Waals surface area (Å²) < 4.78 is -1.29. The van der Waals surface area contributed by atoms with Crippen LogP contribution in [-0.4, -0.2) is 51.7 Å². The second-order valence-electron chi connectivity index (χ2n) is 7.27. The van der Waals surface area contributed by atoms with Crippen LogP contribution in [0.2, 0.25) is 0 Å². The maximum Gasteiger partial charge on any atom is 0.426 e. The van der Waals surface area contributed by atoms with Gasteiger partial charge in [0.25, 0.3) is 6.09 Å². The minimum atomic E-state index is -1.87. The van der Waals surface area contributed by atoms with E-state index >= 15 is 0 Å². The first-order chi connectivity index (χ1) is 11.0. The molecule has 1 aromatic carbocycles. The fraction of sp³-hybridized carbons (Fsp3) is 0.471. The van der Waals surface area contributed by atoms with E-state index in [0.717, 1.165) is 4.90 Å². The maximum absolute atomic E-state index is 12.9. The van der Waals surface area contributed by atoms with Crippen LogP contribution in [0.25, 0.3) is 0 Å². The van der Waals surface area contributed by atoms with E-state index < -0.39 is 33.5 Å². The molecule has 0 spiro atoms. The van der Waals surface area contributed by atoms with Crippen LogP contribution in [0.1, 0.15) is 26.3 Å². The molecule has 1 aliphatic heterocycles. The van der Waals surface area contributed by atoms with Gasteiger partial charge in [0.2, 0.25) is 5.54 Å². The Labute approximate surface area is 140 Å². The van der Waals surface area contributed by atoms with Gasteiger partial charge in [-0.2, -0.15) is 4.48 Å². The van der Waals surface area contributed by atoms with Gasteiger partial charge in [0, 0.05) is 18.0 Å². The topological polar surface area (TPSA) is 97.7 Å². The lowest BCUT2D eigenvalue weighted by molar-refractivity contribution is -0.854. The number of rotatable bonds is 3. The Morgan fingerprint density at radius 3 is 2.25 bits per heavy atom. The quantitative estimate of drug-likeness (QED) is 0.840. The normalized spacial score (nSPS) is 27.3. The first-order valence-electron chi connectivity index (χ1n) is 7.63. The van der Waals surface area contributed by atoms with Gasteiger partial charge >= 0.3 is 12.0 Å². The number of hydrogen-bond acceptors (Lipinski definition) is 4. The number of nitrogens with zero attached hydrogens (tertiary/aromatic N) is 2. The third-order valence-corrected chi connectivity index (χ3v) is 4.94. The highest BCUT2D eigenvalue weighted by Crippen LogP contribution is 2.48. The lowest BCUT2D eigenvalue weighted by Gasteiger charge is -2.48. The molecule has 7 heteroatoms. The Hall–Kier alpha value is -2.41. The summed E-state index contributed by atoms with van der Waals surface area (Å²) in [4.78, 5) is 38.5. The molecular formula is C17H22N2O5. The third-order valence-electron chi connectivity index (χ3n) is 4.94. The van der Waals surface area contributed by atoms with Crippen LogP contribution in [0.3, 0.4) is 0 Å². The molecule has 24 heavy (non-hydrogen) atoms. The van der Waals surface area contributed by atoms with E-state index in [2.05, 4.69) is 0 Å². The molecule has 0 saturated carbocycles. The number of imide groups is 1. The van der Waals surface area contributed by atoms with Crippen LogP contribution in [-0.2, 0) is 11.3 Å². The van der Waals surface area contributed by atoms with Crippen molar-refractivity contribution in [3.63, 3.8) is 0 Å². The number of carbonyl (C=O) groups excluding carboxylic acids is 2. The molecule has 1 fully saturated rings. The molecule has 1 aliphatic rings. The zero-order valence-corrected chi connectivity index (χ0v) is 14.3. The van der Waals surface area contributed by atoms with E-state index in [-0.39, 0.29) is 13.1 Å². The molecule has 7 nitrogen and oxygen atoms in total. The Morgan fingerprint density at radius 2 is 1.83 bits per heavy atom. The van der Waals surface area contributed by atoms with Crippen LogP contribution in [0.5, 0.6) is 0 Å². The van der Waals surface area contributed by atoms with E-state index in [1.807, 2.05) is 0 Å². The van der Waals surface area contributed by atoms with Crippen LogP contribution >= 0.6 is 0 Å². The number of likely N-dealkylation sites (N-methyl/N-ethyl adjacent to an activating group) is 1. The van der Waals surface area contributed by atoms with Crippen molar-refractivity contribution in [1.82, 2.24) is 4.90 Å². The molecule has 0 aromatic heterocycles. The molecule has 2 unspecified atom stereocenters. The van der Waals surface area contributed by atoms with Crippen molar-refractivity contribution in [1.29, 1.82) is 0 Å². The molecule has 1 N–H and O–H groups in total. The summed E-state index contributed by atoms with van der Waals surface area (Å²) in [6.45, 7) is 4.42. The molecule has 1 heterocycles. The molecule has 0 aliphatic carbocycles. The number of carbonyl (C=O) groups is 3. The van der Waals surface area contributed by atoms with Crippen LogP contribution in [0.15, 0.2) is 30.3 Å².